The predicted octanol–water partition coefficient (Wildman–Crippen LogP) is 3.91. The van der Waals surface area contributed by atoms with Crippen LogP contribution in [0.15, 0.2) is 54.9 Å². The van der Waals surface area contributed by atoms with Crippen LogP contribution < -0.4 is 10.2 Å². The van der Waals surface area contributed by atoms with Gasteiger partial charge in [-0.15, -0.1) is 0 Å². The molecule has 0 aliphatic heterocycles. The maximum absolute atomic E-state index is 4.57. The second-order valence-corrected chi connectivity index (χ2v) is 6.18. The Morgan fingerprint density at radius 1 is 1.00 bits per heavy atom. The van der Waals surface area contributed by atoms with Crippen molar-refractivity contribution in [3.05, 3.63) is 71.8 Å². The standard InChI is InChI=1S/C20H23N5/c1-15-5-4-6-18(13-15)24-19-14-20(23-16(2)22-19)25(3)12-9-17-7-10-21-11-8-17/h4-8,10-11,13-14H,9,12H2,1-3H3,(H,22,23,24). The summed E-state index contributed by atoms with van der Waals surface area (Å²) < 4.78 is 0. The monoisotopic (exact) mass is 333 g/mol. The molecule has 5 nitrogen and oxygen atoms in total. The number of likely N-dealkylation sites (N-methyl/N-ethyl adjacent to an activating group) is 1. The minimum atomic E-state index is 0.753. The lowest BCUT2D eigenvalue weighted by atomic mass is 10.2. The van der Waals surface area contributed by atoms with Crippen LogP contribution in [0, 0.1) is 13.8 Å². The summed E-state index contributed by atoms with van der Waals surface area (Å²) in [5.41, 5.74) is 3.51. The maximum atomic E-state index is 4.57. The lowest BCUT2D eigenvalue weighted by Gasteiger charge is -2.19. The molecule has 1 N–H and O–H groups in total. The van der Waals surface area contributed by atoms with Crippen molar-refractivity contribution in [1.29, 1.82) is 0 Å². The summed E-state index contributed by atoms with van der Waals surface area (Å²) in [5, 5.41) is 3.37. The highest BCUT2D eigenvalue weighted by Gasteiger charge is 2.07. The average Bonchev–Trinajstić information content (AvgIpc) is 2.60. The molecule has 0 bridgehead atoms. The van der Waals surface area contributed by atoms with Crippen molar-refractivity contribution in [2.75, 3.05) is 23.8 Å². The largest absolute Gasteiger partial charge is 0.359 e. The van der Waals surface area contributed by atoms with E-state index in [1.54, 1.807) is 0 Å². The van der Waals surface area contributed by atoms with Gasteiger partial charge in [-0.05, 0) is 55.7 Å². The first-order chi connectivity index (χ1) is 12.1. The molecule has 3 rings (SSSR count). The van der Waals surface area contributed by atoms with Crippen molar-refractivity contribution in [3.8, 4) is 0 Å². The highest BCUT2D eigenvalue weighted by atomic mass is 15.2. The van der Waals surface area contributed by atoms with Crippen LogP contribution in [-0.2, 0) is 6.42 Å². The second-order valence-electron chi connectivity index (χ2n) is 6.18. The zero-order chi connectivity index (χ0) is 17.6. The number of hydrogen-bond donors (Lipinski definition) is 1. The summed E-state index contributed by atoms with van der Waals surface area (Å²) in [4.78, 5) is 15.3. The first-order valence-corrected chi connectivity index (χ1v) is 8.39. The van der Waals surface area contributed by atoms with E-state index < -0.39 is 0 Å². The van der Waals surface area contributed by atoms with Gasteiger partial charge in [0.1, 0.15) is 17.5 Å². The molecule has 0 unspecified atom stereocenters. The number of nitrogens with one attached hydrogen (secondary N) is 1. The van der Waals surface area contributed by atoms with E-state index in [2.05, 4.69) is 51.3 Å². The fourth-order valence-electron chi connectivity index (χ4n) is 2.64. The zero-order valence-corrected chi connectivity index (χ0v) is 14.9. The number of aryl methyl sites for hydroxylation is 2. The smallest absolute Gasteiger partial charge is 0.136 e. The molecule has 0 amide bonds. The van der Waals surface area contributed by atoms with E-state index in [9.17, 15) is 0 Å². The van der Waals surface area contributed by atoms with Crippen LogP contribution in [-0.4, -0.2) is 28.5 Å². The molecule has 0 fully saturated rings. The van der Waals surface area contributed by atoms with Crippen LogP contribution in [0.4, 0.5) is 17.3 Å². The van der Waals surface area contributed by atoms with Crippen molar-refractivity contribution in [1.82, 2.24) is 15.0 Å². The van der Waals surface area contributed by atoms with Gasteiger partial charge in [0.15, 0.2) is 0 Å². The third kappa shape index (κ3) is 4.76. The average molecular weight is 333 g/mol. The lowest BCUT2D eigenvalue weighted by molar-refractivity contribution is 0.848. The van der Waals surface area contributed by atoms with E-state index in [-0.39, 0.29) is 0 Å². The molecule has 0 aliphatic carbocycles. The quantitative estimate of drug-likeness (QED) is 0.741. The SMILES string of the molecule is Cc1cccc(Nc2cc(N(C)CCc3ccncc3)nc(C)n2)c1. The zero-order valence-electron chi connectivity index (χ0n) is 14.9. The van der Waals surface area contributed by atoms with Gasteiger partial charge in [0.2, 0.25) is 0 Å². The van der Waals surface area contributed by atoms with Gasteiger partial charge < -0.3 is 10.2 Å². The van der Waals surface area contributed by atoms with Crippen LogP contribution in [0.25, 0.3) is 0 Å². The Kier molecular flexibility index (Phi) is 5.23. The summed E-state index contributed by atoms with van der Waals surface area (Å²) in [6.07, 6.45) is 4.60. The van der Waals surface area contributed by atoms with Crippen LogP contribution >= 0.6 is 0 Å². The van der Waals surface area contributed by atoms with Gasteiger partial charge in [-0.25, -0.2) is 9.97 Å². The maximum Gasteiger partial charge on any atom is 0.136 e. The lowest BCUT2D eigenvalue weighted by Crippen LogP contribution is -2.22. The van der Waals surface area contributed by atoms with Crippen molar-refractivity contribution in [3.63, 3.8) is 0 Å². The van der Waals surface area contributed by atoms with Crippen LogP contribution in [0.2, 0.25) is 0 Å². The number of benzene rings is 1. The molecule has 1 aromatic carbocycles. The van der Waals surface area contributed by atoms with Gasteiger partial charge in [-0.2, -0.15) is 0 Å². The molecule has 0 aliphatic rings. The third-order valence-corrected chi connectivity index (χ3v) is 3.99. The van der Waals surface area contributed by atoms with E-state index in [4.69, 9.17) is 0 Å². The molecular formula is C20H23N5. The molecule has 2 heterocycles. The first-order valence-electron chi connectivity index (χ1n) is 8.39. The Balaban J connectivity index is 1.72. The van der Waals surface area contributed by atoms with Gasteiger partial charge >= 0.3 is 0 Å². The summed E-state index contributed by atoms with van der Waals surface area (Å²) in [6.45, 7) is 4.88. The second kappa shape index (κ2) is 7.75. The summed E-state index contributed by atoms with van der Waals surface area (Å²) in [5.74, 6) is 2.48. The van der Waals surface area contributed by atoms with Gasteiger partial charge in [0, 0.05) is 37.7 Å². The number of aromatic nitrogens is 3. The minimum Gasteiger partial charge on any atom is -0.359 e. The van der Waals surface area contributed by atoms with Gasteiger partial charge in [0.05, 0.1) is 0 Å². The Hall–Kier alpha value is -2.95. The third-order valence-electron chi connectivity index (χ3n) is 3.99. The Morgan fingerprint density at radius 3 is 2.56 bits per heavy atom. The number of anilines is 3. The number of hydrogen-bond acceptors (Lipinski definition) is 5. The van der Waals surface area contributed by atoms with E-state index in [0.717, 1.165) is 36.1 Å². The fourth-order valence-corrected chi connectivity index (χ4v) is 2.64. The summed E-state index contributed by atoms with van der Waals surface area (Å²) in [6, 6.07) is 14.3. The Labute approximate surface area is 148 Å². The van der Waals surface area contributed by atoms with Gasteiger partial charge in [0.25, 0.3) is 0 Å². The molecule has 0 saturated heterocycles. The molecule has 25 heavy (non-hydrogen) atoms. The van der Waals surface area contributed by atoms with Crippen LogP contribution in [0.1, 0.15) is 17.0 Å². The van der Waals surface area contributed by atoms with Crippen molar-refractivity contribution >= 4 is 17.3 Å². The van der Waals surface area contributed by atoms with Crippen molar-refractivity contribution in [2.24, 2.45) is 0 Å². The number of rotatable bonds is 6. The summed E-state index contributed by atoms with van der Waals surface area (Å²) >= 11 is 0. The molecular weight excluding hydrogens is 310 g/mol. The molecule has 0 saturated carbocycles. The molecule has 0 radical (unpaired) electrons. The minimum absolute atomic E-state index is 0.753. The predicted molar refractivity (Wildman–Crippen MR) is 102 cm³/mol. The summed E-state index contributed by atoms with van der Waals surface area (Å²) in [7, 11) is 2.05. The molecule has 3 aromatic rings. The van der Waals surface area contributed by atoms with E-state index in [1.165, 1.54) is 11.1 Å². The molecule has 5 heteroatoms. The van der Waals surface area contributed by atoms with Crippen molar-refractivity contribution < 1.29 is 0 Å². The number of pyridine rings is 1. The van der Waals surface area contributed by atoms with Gasteiger partial charge in [-0.1, -0.05) is 12.1 Å². The molecule has 0 atom stereocenters. The van der Waals surface area contributed by atoms with Crippen molar-refractivity contribution in [2.45, 2.75) is 20.3 Å². The van der Waals surface area contributed by atoms with Crippen LogP contribution in [0.5, 0.6) is 0 Å². The normalized spacial score (nSPS) is 10.5. The Morgan fingerprint density at radius 2 is 1.80 bits per heavy atom. The highest BCUT2D eigenvalue weighted by molar-refractivity contribution is 5.60. The molecule has 0 spiro atoms. The topological polar surface area (TPSA) is 53.9 Å². The van der Waals surface area contributed by atoms with Gasteiger partial charge in [-0.3, -0.25) is 4.98 Å². The molecule has 2 aromatic heterocycles. The first kappa shape index (κ1) is 16.9. The number of nitrogens with zero attached hydrogens (tertiary/aromatic N) is 4. The highest BCUT2D eigenvalue weighted by Crippen LogP contribution is 2.20. The van der Waals surface area contributed by atoms with E-state index in [0.29, 0.717) is 0 Å². The van der Waals surface area contributed by atoms with E-state index >= 15 is 0 Å². The Bertz CT molecular complexity index is 832. The van der Waals surface area contributed by atoms with E-state index in [1.807, 2.05) is 49.6 Å². The van der Waals surface area contributed by atoms with Crippen LogP contribution in [0.3, 0.4) is 0 Å². The molecule has 128 valence electrons. The fraction of sp³-hybridized carbons (Fsp3) is 0.250.